The largest absolute Gasteiger partial charge is 0.481 e. The maximum atomic E-state index is 12.7. The molecule has 108 valence electrons. The maximum Gasteiger partial charge on any atom is 0.326 e. The van der Waals surface area contributed by atoms with E-state index in [-0.39, 0.29) is 12.2 Å². The summed E-state index contributed by atoms with van der Waals surface area (Å²) in [6.07, 6.45) is -0.377. The van der Waals surface area contributed by atoms with Crippen LogP contribution in [0, 0.1) is 5.82 Å². The van der Waals surface area contributed by atoms with Crippen LogP contribution in [0.4, 0.5) is 4.39 Å². The van der Waals surface area contributed by atoms with Crippen LogP contribution in [-0.4, -0.2) is 34.1 Å². The number of carboxylic acid groups (broad SMARTS) is 2. The highest BCUT2D eigenvalue weighted by Crippen LogP contribution is 2.05. The summed E-state index contributed by atoms with van der Waals surface area (Å²) in [7, 11) is 0. The Hall–Kier alpha value is -2.44. The molecule has 0 bridgehead atoms. The van der Waals surface area contributed by atoms with E-state index in [0.29, 0.717) is 6.42 Å². The first kappa shape index (κ1) is 15.6. The average molecular weight is 283 g/mol. The van der Waals surface area contributed by atoms with Crippen LogP contribution in [0.2, 0.25) is 0 Å². The first-order chi connectivity index (χ1) is 9.38. The second kappa shape index (κ2) is 7.22. The van der Waals surface area contributed by atoms with Gasteiger partial charge in [0.1, 0.15) is 11.9 Å². The van der Waals surface area contributed by atoms with E-state index in [1.54, 1.807) is 0 Å². The lowest BCUT2D eigenvalue weighted by Crippen LogP contribution is -2.42. The van der Waals surface area contributed by atoms with Crippen molar-refractivity contribution in [3.63, 3.8) is 0 Å². The molecule has 7 heteroatoms. The molecule has 0 saturated carbocycles. The molecule has 1 aromatic rings. The van der Waals surface area contributed by atoms with E-state index in [0.717, 1.165) is 5.56 Å². The smallest absolute Gasteiger partial charge is 0.326 e. The Morgan fingerprint density at radius 3 is 2.25 bits per heavy atom. The van der Waals surface area contributed by atoms with Gasteiger partial charge in [0.15, 0.2) is 0 Å². The molecule has 0 heterocycles. The van der Waals surface area contributed by atoms with Crippen molar-refractivity contribution in [2.24, 2.45) is 0 Å². The second-order valence-corrected chi connectivity index (χ2v) is 4.18. The summed E-state index contributed by atoms with van der Waals surface area (Å²) in [5.41, 5.74) is 0.728. The molecular formula is C13H14FNO5. The molecule has 20 heavy (non-hydrogen) atoms. The summed E-state index contributed by atoms with van der Waals surface area (Å²) < 4.78 is 12.7. The molecule has 0 aliphatic carbocycles. The highest BCUT2D eigenvalue weighted by Gasteiger charge is 2.22. The highest BCUT2D eigenvalue weighted by atomic mass is 19.1. The van der Waals surface area contributed by atoms with Gasteiger partial charge in [0.2, 0.25) is 5.91 Å². The van der Waals surface area contributed by atoms with Gasteiger partial charge in [-0.2, -0.15) is 0 Å². The number of halogens is 1. The van der Waals surface area contributed by atoms with E-state index in [4.69, 9.17) is 10.2 Å². The highest BCUT2D eigenvalue weighted by molar-refractivity contribution is 5.86. The number of hydrogen-bond acceptors (Lipinski definition) is 3. The van der Waals surface area contributed by atoms with E-state index < -0.39 is 30.3 Å². The monoisotopic (exact) mass is 283 g/mol. The minimum absolute atomic E-state index is 0.00493. The fraction of sp³-hybridized carbons (Fsp3) is 0.308. The van der Waals surface area contributed by atoms with Crippen molar-refractivity contribution in [2.75, 3.05) is 0 Å². The van der Waals surface area contributed by atoms with Gasteiger partial charge < -0.3 is 15.5 Å². The van der Waals surface area contributed by atoms with Crippen LogP contribution in [0.3, 0.4) is 0 Å². The van der Waals surface area contributed by atoms with Crippen LogP contribution >= 0.6 is 0 Å². The molecule has 0 aliphatic heterocycles. The Kier molecular flexibility index (Phi) is 5.64. The van der Waals surface area contributed by atoms with E-state index in [1.807, 2.05) is 0 Å². The zero-order valence-electron chi connectivity index (χ0n) is 10.5. The molecular weight excluding hydrogens is 269 g/mol. The number of nitrogens with one attached hydrogen (secondary N) is 1. The Bertz CT molecular complexity index is 500. The Morgan fingerprint density at radius 2 is 1.75 bits per heavy atom. The fourth-order valence-corrected chi connectivity index (χ4v) is 1.55. The number of benzene rings is 1. The molecule has 0 unspecified atom stereocenters. The molecule has 1 rings (SSSR count). The second-order valence-electron chi connectivity index (χ2n) is 4.18. The van der Waals surface area contributed by atoms with Gasteiger partial charge in [0.25, 0.3) is 0 Å². The number of carboxylic acids is 2. The number of amides is 1. The van der Waals surface area contributed by atoms with Crippen molar-refractivity contribution in [2.45, 2.75) is 25.3 Å². The first-order valence-corrected chi connectivity index (χ1v) is 5.87. The zero-order valence-corrected chi connectivity index (χ0v) is 10.5. The molecule has 3 N–H and O–H groups in total. The summed E-state index contributed by atoms with van der Waals surface area (Å²) in [4.78, 5) is 32.8. The average Bonchev–Trinajstić information content (AvgIpc) is 2.36. The number of aryl methyl sites for hydroxylation is 1. The number of aliphatic carboxylic acids is 2. The van der Waals surface area contributed by atoms with E-state index in [2.05, 4.69) is 5.32 Å². The quantitative estimate of drug-likeness (QED) is 0.686. The van der Waals surface area contributed by atoms with Crippen LogP contribution in [0.25, 0.3) is 0 Å². The van der Waals surface area contributed by atoms with Gasteiger partial charge in [-0.25, -0.2) is 9.18 Å². The molecule has 0 saturated heterocycles. The molecule has 6 nitrogen and oxygen atoms in total. The number of carbonyl (C=O) groups is 3. The van der Waals surface area contributed by atoms with Crippen molar-refractivity contribution in [3.05, 3.63) is 35.6 Å². The zero-order chi connectivity index (χ0) is 15.1. The number of hydrogen-bond donors (Lipinski definition) is 3. The predicted molar refractivity (Wildman–Crippen MR) is 66.5 cm³/mol. The molecule has 1 atom stereocenters. The Morgan fingerprint density at radius 1 is 1.15 bits per heavy atom. The molecule has 1 amide bonds. The summed E-state index contributed by atoms with van der Waals surface area (Å²) in [6, 6.07) is 4.12. The third-order valence-electron chi connectivity index (χ3n) is 2.57. The molecule has 1 aromatic carbocycles. The third kappa shape index (κ3) is 5.47. The van der Waals surface area contributed by atoms with Gasteiger partial charge in [-0.15, -0.1) is 0 Å². The van der Waals surface area contributed by atoms with Crippen molar-refractivity contribution >= 4 is 17.8 Å². The van der Waals surface area contributed by atoms with E-state index in [9.17, 15) is 18.8 Å². The maximum absolute atomic E-state index is 12.7. The van der Waals surface area contributed by atoms with Crippen molar-refractivity contribution in [3.8, 4) is 0 Å². The lowest BCUT2D eigenvalue weighted by molar-refractivity contribution is -0.147. The van der Waals surface area contributed by atoms with E-state index in [1.165, 1.54) is 24.3 Å². The molecule has 0 aliphatic rings. The van der Waals surface area contributed by atoms with Crippen LogP contribution in [0.1, 0.15) is 18.4 Å². The Balaban J connectivity index is 2.47. The molecule has 0 radical (unpaired) electrons. The lowest BCUT2D eigenvalue weighted by atomic mass is 10.1. The summed E-state index contributed by atoms with van der Waals surface area (Å²) in [5, 5.41) is 19.4. The fourth-order valence-electron chi connectivity index (χ4n) is 1.55. The predicted octanol–water partition coefficient (Wildman–Crippen LogP) is 0.802. The van der Waals surface area contributed by atoms with Crippen LogP contribution < -0.4 is 5.32 Å². The van der Waals surface area contributed by atoms with Gasteiger partial charge in [-0.1, -0.05) is 12.1 Å². The van der Waals surface area contributed by atoms with Gasteiger partial charge in [-0.05, 0) is 24.1 Å². The summed E-state index contributed by atoms with van der Waals surface area (Å²) in [6.45, 7) is 0. The van der Waals surface area contributed by atoms with Crippen LogP contribution in [-0.2, 0) is 20.8 Å². The normalized spacial score (nSPS) is 11.7. The third-order valence-corrected chi connectivity index (χ3v) is 2.57. The summed E-state index contributed by atoms with van der Waals surface area (Å²) in [5.74, 6) is -3.66. The standard InChI is InChI=1S/C13H14FNO5/c14-9-4-1-8(2-5-9)3-6-11(16)15-10(13(19)20)7-12(17)18/h1-2,4-5,10H,3,6-7H2,(H,15,16)(H,17,18)(H,19,20)/t10-/m0/s1. The SMILES string of the molecule is O=C(O)C[C@H](NC(=O)CCc1ccc(F)cc1)C(=O)O. The van der Waals surface area contributed by atoms with Crippen molar-refractivity contribution in [1.82, 2.24) is 5.32 Å². The Labute approximate surface area is 114 Å². The first-order valence-electron chi connectivity index (χ1n) is 5.87. The topological polar surface area (TPSA) is 104 Å². The minimum Gasteiger partial charge on any atom is -0.481 e. The molecule has 0 aromatic heterocycles. The van der Waals surface area contributed by atoms with E-state index >= 15 is 0 Å². The van der Waals surface area contributed by atoms with Crippen LogP contribution in [0.15, 0.2) is 24.3 Å². The number of carbonyl (C=O) groups excluding carboxylic acids is 1. The van der Waals surface area contributed by atoms with Crippen molar-refractivity contribution < 1.29 is 29.0 Å². The van der Waals surface area contributed by atoms with Gasteiger partial charge >= 0.3 is 11.9 Å². The van der Waals surface area contributed by atoms with Gasteiger partial charge in [-0.3, -0.25) is 9.59 Å². The van der Waals surface area contributed by atoms with Gasteiger partial charge in [0, 0.05) is 6.42 Å². The van der Waals surface area contributed by atoms with Crippen LogP contribution in [0.5, 0.6) is 0 Å². The van der Waals surface area contributed by atoms with Gasteiger partial charge in [0.05, 0.1) is 6.42 Å². The lowest BCUT2D eigenvalue weighted by Gasteiger charge is -2.12. The van der Waals surface area contributed by atoms with Crippen molar-refractivity contribution in [1.29, 1.82) is 0 Å². The summed E-state index contributed by atoms with van der Waals surface area (Å²) >= 11 is 0. The number of rotatable bonds is 7. The minimum atomic E-state index is -1.45. The molecule has 0 spiro atoms. The molecule has 0 fully saturated rings.